The monoisotopic (exact) mass is 1020 g/mol. The quantitative estimate of drug-likeness (QED) is 0.0128. The minimum Gasteiger partial charge on any atom is -0.490 e. The molecular formula is C52H60N8O10S2. The summed E-state index contributed by atoms with van der Waals surface area (Å²) in [5.74, 6) is -1.11. The van der Waals surface area contributed by atoms with Crippen LogP contribution in [0, 0.1) is 17.2 Å². The molecule has 2 amide bonds. The fourth-order valence-corrected chi connectivity index (χ4v) is 10.5. The van der Waals surface area contributed by atoms with E-state index in [1.807, 2.05) is 130 Å². The van der Waals surface area contributed by atoms with Gasteiger partial charge < -0.3 is 34.7 Å². The second-order valence-corrected chi connectivity index (χ2v) is 21.4. The summed E-state index contributed by atoms with van der Waals surface area (Å²) in [6, 6.07) is 35.7. The van der Waals surface area contributed by atoms with Crippen LogP contribution in [-0.2, 0) is 52.4 Å². The van der Waals surface area contributed by atoms with E-state index in [-0.39, 0.29) is 30.5 Å². The van der Waals surface area contributed by atoms with Crippen LogP contribution in [-0.4, -0.2) is 113 Å². The van der Waals surface area contributed by atoms with Crippen molar-refractivity contribution in [1.29, 1.82) is 5.41 Å². The standard InChI is InChI=1S/C52H60N8O10S2/c1-50(2,3)69-49(63)54-31-35-23-25-58(32-35)47(53)59-26-24-36-29-41(22-21-37(36)33-59)67-27-28-68-57-45(44(61)30-42-46(62)60(51(42,4)5)70-72(64,65)66)43-34-71-48(55-43)56-52(38-15-9-6-10-16-38,39-17-11-7-12-18-39)40-19-13-8-14-20-40/h6-22,29,34-35,42,53H,23-28,30-33H2,1-5H3,(H,54,63)(H,55,56)(H,64,65,66)/b53-47?,57-45-/t35?,42-/m1/s1. The normalized spacial score (nSPS) is 17.9. The van der Waals surface area contributed by atoms with E-state index in [4.69, 9.17) is 24.7 Å². The summed E-state index contributed by atoms with van der Waals surface area (Å²) in [5, 5.41) is 22.5. The van der Waals surface area contributed by atoms with Gasteiger partial charge in [0.05, 0.1) is 11.5 Å². The van der Waals surface area contributed by atoms with E-state index in [9.17, 15) is 27.4 Å². The van der Waals surface area contributed by atoms with E-state index >= 15 is 0 Å². The molecule has 1 unspecified atom stereocenters. The number of hydroxylamine groups is 2. The van der Waals surface area contributed by atoms with Gasteiger partial charge in [-0.25, -0.2) is 9.78 Å². The average Bonchev–Trinajstić information content (AvgIpc) is 4.04. The molecule has 0 bridgehead atoms. The third-order valence-corrected chi connectivity index (χ3v) is 14.1. The van der Waals surface area contributed by atoms with E-state index in [0.29, 0.717) is 54.5 Å². The predicted molar refractivity (Wildman–Crippen MR) is 272 cm³/mol. The topological polar surface area (TPSA) is 225 Å². The molecule has 0 radical (unpaired) electrons. The highest BCUT2D eigenvalue weighted by molar-refractivity contribution is 7.80. The van der Waals surface area contributed by atoms with E-state index in [1.54, 1.807) is 5.38 Å². The molecule has 72 heavy (non-hydrogen) atoms. The number of hydrogen-bond acceptors (Lipinski definition) is 14. The number of nitrogens with zero attached hydrogens (tertiary/aromatic N) is 5. The minimum absolute atomic E-state index is 0.0544. The largest absolute Gasteiger partial charge is 0.490 e. The van der Waals surface area contributed by atoms with Gasteiger partial charge >= 0.3 is 16.5 Å². The molecule has 2 atom stereocenters. The second-order valence-electron chi connectivity index (χ2n) is 19.5. The number of amides is 2. The Morgan fingerprint density at radius 1 is 0.903 bits per heavy atom. The van der Waals surface area contributed by atoms with E-state index < -0.39 is 57.2 Å². The van der Waals surface area contributed by atoms with Crippen LogP contribution in [0.25, 0.3) is 0 Å². The fourth-order valence-electron chi connectivity index (χ4n) is 9.31. The Bertz CT molecular complexity index is 2800. The van der Waals surface area contributed by atoms with Crippen LogP contribution >= 0.6 is 11.3 Å². The van der Waals surface area contributed by atoms with Crippen LogP contribution in [0.2, 0.25) is 0 Å². The number of carbonyl (C=O) groups excluding carboxylic acids is 3. The molecule has 2 saturated heterocycles. The van der Waals surface area contributed by atoms with Gasteiger partial charge in [0.1, 0.15) is 29.2 Å². The first-order valence-electron chi connectivity index (χ1n) is 23.8. The number of carbonyl (C=O) groups is 3. The summed E-state index contributed by atoms with van der Waals surface area (Å²) in [5.41, 5.74) is 2.28. The number of rotatable bonds is 18. The molecule has 5 aromatic rings. The summed E-state index contributed by atoms with van der Waals surface area (Å²) >= 11 is 1.26. The molecular weight excluding hydrogens is 961 g/mol. The molecule has 4 heterocycles. The Labute approximate surface area is 423 Å². The zero-order valence-electron chi connectivity index (χ0n) is 40.9. The number of guanidine groups is 1. The molecule has 380 valence electrons. The molecule has 20 heteroatoms. The summed E-state index contributed by atoms with van der Waals surface area (Å²) in [6.45, 7) is 11.7. The Kier molecular flexibility index (Phi) is 15.3. The van der Waals surface area contributed by atoms with Crippen LogP contribution in [0.15, 0.2) is 120 Å². The van der Waals surface area contributed by atoms with Gasteiger partial charge in [-0.3, -0.25) is 19.6 Å². The number of ether oxygens (including phenoxy) is 2. The van der Waals surface area contributed by atoms with Crippen LogP contribution in [0.5, 0.6) is 5.75 Å². The van der Waals surface area contributed by atoms with Gasteiger partial charge in [0.2, 0.25) is 0 Å². The highest BCUT2D eigenvalue weighted by atomic mass is 32.3. The maximum atomic E-state index is 14.3. The smallest absolute Gasteiger partial charge is 0.418 e. The Hall–Kier alpha value is -6.87. The van der Waals surface area contributed by atoms with Crippen molar-refractivity contribution in [2.75, 3.05) is 44.7 Å². The SMILES string of the molecule is CC(C)(C)OC(=O)NCC1CCN(C(=N)N2CCc3cc(OCCO/N=C(\C(=O)C[C@@H]4C(=O)N(OS(=O)(=O)O)C4(C)C)c4csc(NC(c5ccccc5)(c5ccccc5)c5ccccc5)n4)ccc3C2)C1. The predicted octanol–water partition coefficient (Wildman–Crippen LogP) is 7.42. The van der Waals surface area contributed by atoms with Crippen LogP contribution in [0.1, 0.15) is 81.0 Å². The van der Waals surface area contributed by atoms with Gasteiger partial charge in [-0.15, -0.1) is 15.6 Å². The number of Topliss-reactive ketones (excluding diaryl/α,β-unsaturated/α-hetero) is 1. The van der Waals surface area contributed by atoms with Crippen molar-refractivity contribution in [3.8, 4) is 5.75 Å². The van der Waals surface area contributed by atoms with Crippen molar-refractivity contribution < 1.29 is 45.9 Å². The molecule has 4 N–H and O–H groups in total. The number of alkyl carbamates (subject to hydrolysis) is 1. The average molecular weight is 1020 g/mol. The number of thiazole rings is 1. The van der Waals surface area contributed by atoms with Crippen molar-refractivity contribution >= 4 is 56.3 Å². The summed E-state index contributed by atoms with van der Waals surface area (Å²) in [7, 11) is -5.01. The molecule has 4 aromatic carbocycles. The van der Waals surface area contributed by atoms with Gasteiger partial charge in [-0.2, -0.15) is 13.5 Å². The lowest BCUT2D eigenvalue weighted by molar-refractivity contribution is -0.228. The number of ketones is 1. The van der Waals surface area contributed by atoms with Crippen molar-refractivity contribution in [2.24, 2.45) is 17.0 Å². The number of nitrogens with one attached hydrogen (secondary N) is 3. The van der Waals surface area contributed by atoms with Gasteiger partial charge in [0.25, 0.3) is 5.91 Å². The first-order chi connectivity index (χ1) is 34.3. The number of likely N-dealkylation sites (tertiary alicyclic amines) is 1. The van der Waals surface area contributed by atoms with E-state index in [0.717, 1.165) is 40.8 Å². The van der Waals surface area contributed by atoms with Gasteiger partial charge in [0.15, 0.2) is 29.2 Å². The highest BCUT2D eigenvalue weighted by Crippen LogP contribution is 2.42. The van der Waals surface area contributed by atoms with Gasteiger partial charge in [0, 0.05) is 44.5 Å². The van der Waals surface area contributed by atoms with E-state index in [1.165, 1.54) is 25.2 Å². The zero-order valence-corrected chi connectivity index (χ0v) is 42.5. The molecule has 1 aromatic heterocycles. The molecule has 2 fully saturated rings. The number of anilines is 1. The lowest BCUT2D eigenvalue weighted by Crippen LogP contribution is -2.68. The second kappa shape index (κ2) is 21.5. The molecule has 0 aliphatic carbocycles. The number of β-lactam (4-membered cyclic amide) rings is 1. The minimum atomic E-state index is -5.01. The third kappa shape index (κ3) is 11.9. The zero-order chi connectivity index (χ0) is 51.3. The van der Waals surface area contributed by atoms with Crippen molar-refractivity contribution in [3.63, 3.8) is 0 Å². The van der Waals surface area contributed by atoms with Crippen molar-refractivity contribution in [3.05, 3.63) is 148 Å². The molecule has 0 saturated carbocycles. The molecule has 3 aliphatic rings. The number of fused-ring (bicyclic) bond motifs is 1. The molecule has 8 rings (SSSR count). The third-order valence-electron chi connectivity index (χ3n) is 13.0. The Balaban J connectivity index is 0.946. The summed E-state index contributed by atoms with van der Waals surface area (Å²) in [6.07, 6.45) is 0.758. The fraction of sp³-hybridized carbons (Fsp3) is 0.385. The summed E-state index contributed by atoms with van der Waals surface area (Å²) < 4.78 is 48.3. The molecule has 18 nitrogen and oxygen atoms in total. The highest BCUT2D eigenvalue weighted by Gasteiger charge is 2.57. The summed E-state index contributed by atoms with van der Waals surface area (Å²) in [4.78, 5) is 54.4. The van der Waals surface area contributed by atoms with Crippen LogP contribution in [0.4, 0.5) is 9.93 Å². The Morgan fingerprint density at radius 2 is 1.54 bits per heavy atom. The van der Waals surface area contributed by atoms with Crippen molar-refractivity contribution in [1.82, 2.24) is 25.2 Å². The molecule has 3 aliphatic heterocycles. The van der Waals surface area contributed by atoms with Gasteiger partial charge in [-0.1, -0.05) is 102 Å². The molecule has 0 spiro atoms. The maximum absolute atomic E-state index is 14.3. The van der Waals surface area contributed by atoms with Crippen LogP contribution < -0.4 is 15.4 Å². The number of oxime groups is 1. The van der Waals surface area contributed by atoms with E-state index in [2.05, 4.69) is 29.9 Å². The maximum Gasteiger partial charge on any atom is 0.418 e. The lowest BCUT2D eigenvalue weighted by Gasteiger charge is -2.50. The number of aromatic nitrogens is 1. The van der Waals surface area contributed by atoms with Crippen LogP contribution in [0.3, 0.4) is 0 Å². The Morgan fingerprint density at radius 3 is 2.14 bits per heavy atom. The first-order valence-corrected chi connectivity index (χ1v) is 26.0. The first kappa shape index (κ1) is 51.5. The number of benzene rings is 4. The van der Waals surface area contributed by atoms with Gasteiger partial charge in [-0.05, 0) is 93.3 Å². The van der Waals surface area contributed by atoms with Crippen molar-refractivity contribution in [2.45, 2.75) is 77.1 Å². The number of hydrogen-bond donors (Lipinski definition) is 4. The lowest BCUT2D eigenvalue weighted by atomic mass is 9.74.